The van der Waals surface area contributed by atoms with E-state index in [0.717, 1.165) is 11.4 Å². The summed E-state index contributed by atoms with van der Waals surface area (Å²) in [5.41, 5.74) is 0.864. The van der Waals surface area contributed by atoms with Crippen LogP contribution in [-0.4, -0.2) is 46.0 Å². The molecule has 7 heteroatoms. The maximum absolute atomic E-state index is 12.5. The molecule has 0 saturated carbocycles. The summed E-state index contributed by atoms with van der Waals surface area (Å²) in [7, 11) is 1.46. The van der Waals surface area contributed by atoms with Crippen LogP contribution in [0.4, 0.5) is 0 Å². The van der Waals surface area contributed by atoms with E-state index in [2.05, 4.69) is 10.4 Å². The molecule has 1 heterocycles. The van der Waals surface area contributed by atoms with Crippen molar-refractivity contribution < 1.29 is 19.4 Å². The number of nitrogens with one attached hydrogen (secondary N) is 1. The van der Waals surface area contributed by atoms with Crippen molar-refractivity contribution in [3.63, 3.8) is 0 Å². The number of hydrogen-bond donors (Lipinski definition) is 2. The number of carbonyl (C=O) groups is 2. The fraction of sp³-hybridized carbons (Fsp3) is 0.353. The third-order valence-electron chi connectivity index (χ3n) is 3.54. The molecule has 0 radical (unpaired) electrons. The lowest BCUT2D eigenvalue weighted by Gasteiger charge is -2.28. The highest BCUT2D eigenvalue weighted by Gasteiger charge is 2.30. The number of carbonyl (C=O) groups excluding carboxylic acids is 1. The smallest absolute Gasteiger partial charge is 0.305 e. The molecule has 2 N–H and O–H groups in total. The summed E-state index contributed by atoms with van der Waals surface area (Å²) < 4.78 is 6.71. The van der Waals surface area contributed by atoms with E-state index in [1.807, 2.05) is 37.3 Å². The van der Waals surface area contributed by atoms with Crippen molar-refractivity contribution in [2.45, 2.75) is 25.8 Å². The Bertz CT molecular complexity index is 727. The van der Waals surface area contributed by atoms with Gasteiger partial charge in [-0.2, -0.15) is 5.10 Å². The predicted molar refractivity (Wildman–Crippen MR) is 88.3 cm³/mol. The lowest BCUT2D eigenvalue weighted by Crippen LogP contribution is -2.50. The minimum Gasteiger partial charge on any atom is -0.481 e. The molecule has 128 valence electrons. The van der Waals surface area contributed by atoms with Crippen LogP contribution in [-0.2, 0) is 9.53 Å². The third kappa shape index (κ3) is 4.20. The Morgan fingerprint density at radius 2 is 2.00 bits per heavy atom. The minimum atomic E-state index is -1.01. The van der Waals surface area contributed by atoms with E-state index in [1.54, 1.807) is 17.7 Å². The number of amides is 1. The quantitative estimate of drug-likeness (QED) is 0.807. The van der Waals surface area contributed by atoms with Crippen LogP contribution < -0.4 is 5.32 Å². The number of benzene rings is 1. The average Bonchev–Trinajstić information content (AvgIpc) is 2.89. The van der Waals surface area contributed by atoms with E-state index in [4.69, 9.17) is 9.84 Å². The maximum Gasteiger partial charge on any atom is 0.305 e. The minimum absolute atomic E-state index is 0.0867. The monoisotopic (exact) mass is 331 g/mol. The number of aryl methyl sites for hydroxylation is 1. The predicted octanol–water partition coefficient (Wildman–Crippen LogP) is 1.79. The molecule has 0 aliphatic carbocycles. The zero-order valence-electron chi connectivity index (χ0n) is 13.9. The number of aromatic nitrogens is 2. The van der Waals surface area contributed by atoms with Crippen molar-refractivity contribution >= 4 is 11.9 Å². The van der Waals surface area contributed by atoms with Crippen molar-refractivity contribution in [2.75, 3.05) is 13.7 Å². The lowest BCUT2D eigenvalue weighted by atomic mass is 9.98. The molecule has 2 rings (SSSR count). The third-order valence-corrected chi connectivity index (χ3v) is 3.54. The molecule has 24 heavy (non-hydrogen) atoms. The SMILES string of the molecule is COCC(C)(CC(=O)O)NC(=O)c1cc(C)n(-c2ccccc2)n1. The molecule has 2 aromatic rings. The highest BCUT2D eigenvalue weighted by molar-refractivity contribution is 5.93. The van der Waals surface area contributed by atoms with Gasteiger partial charge in [-0.05, 0) is 32.0 Å². The standard InChI is InChI=1S/C17H21N3O4/c1-12-9-14(19-20(12)13-7-5-4-6-8-13)16(23)18-17(2,11-24-3)10-15(21)22/h4-9H,10-11H2,1-3H3,(H,18,23)(H,21,22). The molecule has 1 atom stereocenters. The number of aliphatic carboxylic acids is 1. The van der Waals surface area contributed by atoms with Gasteiger partial charge in [0.05, 0.1) is 24.3 Å². The van der Waals surface area contributed by atoms with Crippen LogP contribution in [0.3, 0.4) is 0 Å². The van der Waals surface area contributed by atoms with E-state index in [-0.39, 0.29) is 18.7 Å². The number of nitrogens with zero attached hydrogens (tertiary/aromatic N) is 2. The van der Waals surface area contributed by atoms with Crippen LogP contribution in [0, 0.1) is 6.92 Å². The summed E-state index contributed by atoms with van der Waals surface area (Å²) in [5, 5.41) is 16.1. The van der Waals surface area contributed by atoms with Crippen molar-refractivity contribution in [3.8, 4) is 5.69 Å². The molecular weight excluding hydrogens is 310 g/mol. The first kappa shape index (κ1) is 17.7. The normalized spacial score (nSPS) is 13.3. The number of hydrogen-bond acceptors (Lipinski definition) is 4. The summed E-state index contributed by atoms with van der Waals surface area (Å²) in [6, 6.07) is 11.1. The Balaban J connectivity index is 2.22. The molecule has 1 amide bonds. The van der Waals surface area contributed by atoms with Crippen LogP contribution in [0.1, 0.15) is 29.5 Å². The molecule has 0 saturated heterocycles. The van der Waals surface area contributed by atoms with Crippen molar-refractivity contribution in [1.29, 1.82) is 0 Å². The van der Waals surface area contributed by atoms with Gasteiger partial charge in [0, 0.05) is 12.8 Å². The molecule has 0 aliphatic heterocycles. The molecule has 1 unspecified atom stereocenters. The first-order valence-corrected chi connectivity index (χ1v) is 7.50. The van der Waals surface area contributed by atoms with E-state index in [1.165, 1.54) is 7.11 Å². The summed E-state index contributed by atoms with van der Waals surface area (Å²) in [5.74, 6) is -1.45. The van der Waals surface area contributed by atoms with E-state index in [0.29, 0.717) is 0 Å². The molecule has 0 spiro atoms. The summed E-state index contributed by atoms with van der Waals surface area (Å²) in [6.07, 6.45) is -0.245. The topological polar surface area (TPSA) is 93.5 Å². The molecule has 0 aliphatic rings. The first-order valence-electron chi connectivity index (χ1n) is 7.50. The molecule has 0 bridgehead atoms. The highest BCUT2D eigenvalue weighted by Crippen LogP contribution is 2.15. The number of rotatable bonds is 7. The van der Waals surface area contributed by atoms with Gasteiger partial charge < -0.3 is 15.2 Å². The van der Waals surface area contributed by atoms with Crippen LogP contribution in [0.2, 0.25) is 0 Å². The lowest BCUT2D eigenvalue weighted by molar-refractivity contribution is -0.139. The number of carboxylic acid groups (broad SMARTS) is 1. The van der Waals surface area contributed by atoms with E-state index < -0.39 is 17.4 Å². The second kappa shape index (κ2) is 7.27. The van der Waals surface area contributed by atoms with Crippen LogP contribution in [0.15, 0.2) is 36.4 Å². The Morgan fingerprint density at radius 3 is 2.58 bits per heavy atom. The second-order valence-electron chi connectivity index (χ2n) is 5.94. The Morgan fingerprint density at radius 1 is 1.33 bits per heavy atom. The van der Waals surface area contributed by atoms with Crippen LogP contribution >= 0.6 is 0 Å². The fourth-order valence-electron chi connectivity index (χ4n) is 2.54. The number of carboxylic acids is 1. The summed E-state index contributed by atoms with van der Waals surface area (Å²) >= 11 is 0. The van der Waals surface area contributed by atoms with E-state index >= 15 is 0 Å². The Hall–Kier alpha value is -2.67. The average molecular weight is 331 g/mol. The van der Waals surface area contributed by atoms with Gasteiger partial charge in [0.15, 0.2) is 5.69 Å². The van der Waals surface area contributed by atoms with Gasteiger partial charge in [0.2, 0.25) is 0 Å². The van der Waals surface area contributed by atoms with Gasteiger partial charge in [-0.25, -0.2) is 4.68 Å². The maximum atomic E-state index is 12.5. The Labute approximate surface area is 140 Å². The zero-order valence-corrected chi connectivity index (χ0v) is 13.9. The second-order valence-corrected chi connectivity index (χ2v) is 5.94. The van der Waals surface area contributed by atoms with Gasteiger partial charge in [-0.15, -0.1) is 0 Å². The fourth-order valence-corrected chi connectivity index (χ4v) is 2.54. The largest absolute Gasteiger partial charge is 0.481 e. The Kier molecular flexibility index (Phi) is 5.35. The van der Waals surface area contributed by atoms with Crippen molar-refractivity contribution in [3.05, 3.63) is 47.8 Å². The van der Waals surface area contributed by atoms with Gasteiger partial charge in [0.1, 0.15) is 0 Å². The molecule has 7 nitrogen and oxygen atoms in total. The van der Waals surface area contributed by atoms with Gasteiger partial charge in [0.25, 0.3) is 5.91 Å². The van der Waals surface area contributed by atoms with Crippen LogP contribution in [0.5, 0.6) is 0 Å². The summed E-state index contributed by atoms with van der Waals surface area (Å²) in [4.78, 5) is 23.5. The van der Waals surface area contributed by atoms with Gasteiger partial charge in [-0.1, -0.05) is 18.2 Å². The first-order chi connectivity index (χ1) is 11.3. The van der Waals surface area contributed by atoms with Gasteiger partial charge in [-0.3, -0.25) is 9.59 Å². The van der Waals surface area contributed by atoms with E-state index in [9.17, 15) is 9.59 Å². The zero-order chi connectivity index (χ0) is 17.7. The van der Waals surface area contributed by atoms with Gasteiger partial charge >= 0.3 is 5.97 Å². The number of para-hydroxylation sites is 1. The molecule has 1 aromatic heterocycles. The number of ether oxygens (including phenoxy) is 1. The molecule has 1 aromatic carbocycles. The molecule has 0 fully saturated rings. The molecular formula is C17H21N3O4. The highest BCUT2D eigenvalue weighted by atomic mass is 16.5. The van der Waals surface area contributed by atoms with Crippen LogP contribution in [0.25, 0.3) is 5.69 Å². The number of methoxy groups -OCH3 is 1. The van der Waals surface area contributed by atoms with Crippen molar-refractivity contribution in [1.82, 2.24) is 15.1 Å². The summed E-state index contributed by atoms with van der Waals surface area (Å²) in [6.45, 7) is 3.56. The van der Waals surface area contributed by atoms with Crippen molar-refractivity contribution in [2.24, 2.45) is 0 Å².